The highest BCUT2D eigenvalue weighted by Crippen LogP contribution is 2.18. The van der Waals surface area contributed by atoms with Crippen LogP contribution in [0.4, 0.5) is 5.69 Å². The van der Waals surface area contributed by atoms with Crippen molar-refractivity contribution in [1.82, 2.24) is 5.32 Å². The fourth-order valence-electron chi connectivity index (χ4n) is 2.62. The normalized spacial score (nSPS) is 11.0. The van der Waals surface area contributed by atoms with Gasteiger partial charge in [0, 0.05) is 19.5 Å². The summed E-state index contributed by atoms with van der Waals surface area (Å²) in [6.07, 6.45) is 1.87. The average Bonchev–Trinajstić information content (AvgIpc) is 2.62. The zero-order chi connectivity index (χ0) is 19.0. The smallest absolute Gasteiger partial charge is 0.232 e. The van der Waals surface area contributed by atoms with E-state index in [-0.39, 0.29) is 18.9 Å². The molecule has 6 nitrogen and oxygen atoms in total. The van der Waals surface area contributed by atoms with Gasteiger partial charge in [-0.25, -0.2) is 8.42 Å². The van der Waals surface area contributed by atoms with Crippen LogP contribution in [-0.2, 0) is 21.2 Å². The van der Waals surface area contributed by atoms with E-state index < -0.39 is 10.0 Å². The van der Waals surface area contributed by atoms with E-state index in [0.717, 1.165) is 17.6 Å². The maximum Gasteiger partial charge on any atom is 0.232 e. The van der Waals surface area contributed by atoms with Crippen molar-refractivity contribution >= 4 is 21.6 Å². The Hall–Kier alpha value is -2.54. The second-order valence-corrected chi connectivity index (χ2v) is 7.74. The minimum atomic E-state index is -3.45. The van der Waals surface area contributed by atoms with Crippen molar-refractivity contribution < 1.29 is 17.9 Å². The van der Waals surface area contributed by atoms with Gasteiger partial charge in [0.05, 0.1) is 19.1 Å². The number of amides is 1. The highest BCUT2D eigenvalue weighted by Gasteiger charge is 2.18. The summed E-state index contributed by atoms with van der Waals surface area (Å²) in [4.78, 5) is 12.1. The van der Waals surface area contributed by atoms with Crippen molar-refractivity contribution in [2.45, 2.75) is 12.8 Å². The highest BCUT2D eigenvalue weighted by atomic mass is 32.2. The van der Waals surface area contributed by atoms with Crippen molar-refractivity contribution in [2.24, 2.45) is 0 Å². The summed E-state index contributed by atoms with van der Waals surface area (Å²) < 4.78 is 30.5. The van der Waals surface area contributed by atoms with E-state index in [1.165, 1.54) is 4.31 Å². The maximum absolute atomic E-state index is 12.1. The molecule has 7 heteroatoms. The molecule has 0 spiro atoms. The molecular formula is C19H24N2O4S. The highest BCUT2D eigenvalue weighted by molar-refractivity contribution is 7.92. The van der Waals surface area contributed by atoms with Crippen molar-refractivity contribution in [3.8, 4) is 5.75 Å². The number of methoxy groups -OCH3 is 1. The molecule has 0 aromatic heterocycles. The molecule has 0 fully saturated rings. The number of carbonyl (C=O) groups excluding carboxylic acids is 1. The van der Waals surface area contributed by atoms with Crippen LogP contribution in [0.3, 0.4) is 0 Å². The lowest BCUT2D eigenvalue weighted by Gasteiger charge is -2.22. The second kappa shape index (κ2) is 9.24. The Morgan fingerprint density at radius 3 is 2.38 bits per heavy atom. The summed E-state index contributed by atoms with van der Waals surface area (Å²) in [5, 5.41) is 2.82. The Balaban J connectivity index is 1.87. The van der Waals surface area contributed by atoms with Gasteiger partial charge in [-0.05, 0) is 30.2 Å². The van der Waals surface area contributed by atoms with Crippen LogP contribution in [0.2, 0.25) is 0 Å². The molecule has 0 aliphatic heterocycles. The number of hydrogen-bond donors (Lipinski definition) is 1. The van der Waals surface area contributed by atoms with Crippen LogP contribution >= 0.6 is 0 Å². The van der Waals surface area contributed by atoms with Gasteiger partial charge in [0.15, 0.2) is 0 Å². The first kappa shape index (κ1) is 19.8. The molecule has 0 atom stereocenters. The van der Waals surface area contributed by atoms with Crippen molar-refractivity contribution in [3.05, 3.63) is 60.2 Å². The second-order valence-electron chi connectivity index (χ2n) is 5.83. The number of hydrogen-bond acceptors (Lipinski definition) is 4. The maximum atomic E-state index is 12.1. The van der Waals surface area contributed by atoms with E-state index in [4.69, 9.17) is 4.74 Å². The van der Waals surface area contributed by atoms with Gasteiger partial charge in [0.2, 0.25) is 15.9 Å². The molecule has 0 heterocycles. The Morgan fingerprint density at radius 2 is 1.73 bits per heavy atom. The van der Waals surface area contributed by atoms with E-state index in [2.05, 4.69) is 5.32 Å². The number of nitrogens with zero attached hydrogens (tertiary/aromatic N) is 1. The standard InChI is InChI=1S/C19H24N2O4S/c1-25-18-11-7-6-8-16(18)12-14-20-19(22)13-15-21(26(2,23)24)17-9-4-3-5-10-17/h3-11H,12-15H2,1-2H3,(H,20,22). The first-order chi connectivity index (χ1) is 12.4. The number of sulfonamides is 1. The molecule has 0 radical (unpaired) electrons. The van der Waals surface area contributed by atoms with Gasteiger partial charge in [-0.3, -0.25) is 9.10 Å². The van der Waals surface area contributed by atoms with Crippen LogP contribution in [0.1, 0.15) is 12.0 Å². The fraction of sp³-hybridized carbons (Fsp3) is 0.316. The number of anilines is 1. The third-order valence-electron chi connectivity index (χ3n) is 3.90. The molecule has 0 bridgehead atoms. The van der Waals surface area contributed by atoms with Gasteiger partial charge in [-0.15, -0.1) is 0 Å². The van der Waals surface area contributed by atoms with Crippen molar-refractivity contribution in [1.29, 1.82) is 0 Å². The molecule has 0 saturated heterocycles. The van der Waals surface area contributed by atoms with Crippen molar-refractivity contribution in [3.63, 3.8) is 0 Å². The first-order valence-corrected chi connectivity index (χ1v) is 10.2. The molecule has 2 rings (SSSR count). The largest absolute Gasteiger partial charge is 0.496 e. The molecule has 0 saturated carbocycles. The van der Waals surface area contributed by atoms with Gasteiger partial charge in [-0.1, -0.05) is 36.4 Å². The predicted octanol–water partition coefficient (Wildman–Crippen LogP) is 2.21. The summed E-state index contributed by atoms with van der Waals surface area (Å²) in [5.41, 5.74) is 1.56. The monoisotopic (exact) mass is 376 g/mol. The first-order valence-electron chi connectivity index (χ1n) is 8.33. The van der Waals surface area contributed by atoms with E-state index >= 15 is 0 Å². The average molecular weight is 376 g/mol. The number of rotatable bonds is 9. The van der Waals surface area contributed by atoms with Crippen LogP contribution in [0.5, 0.6) is 5.75 Å². The number of ether oxygens (including phenoxy) is 1. The minimum absolute atomic E-state index is 0.0912. The lowest BCUT2D eigenvalue weighted by atomic mass is 10.1. The van der Waals surface area contributed by atoms with Crippen LogP contribution in [0.25, 0.3) is 0 Å². The van der Waals surface area contributed by atoms with Gasteiger partial charge in [0.25, 0.3) is 0 Å². The van der Waals surface area contributed by atoms with E-state index in [1.807, 2.05) is 30.3 Å². The minimum Gasteiger partial charge on any atom is -0.496 e. The quantitative estimate of drug-likeness (QED) is 0.728. The topological polar surface area (TPSA) is 75.7 Å². The van der Waals surface area contributed by atoms with Gasteiger partial charge in [0.1, 0.15) is 5.75 Å². The third kappa shape index (κ3) is 5.77. The Morgan fingerprint density at radius 1 is 1.08 bits per heavy atom. The van der Waals surface area contributed by atoms with Crippen LogP contribution in [-0.4, -0.2) is 40.8 Å². The van der Waals surface area contributed by atoms with E-state index in [1.54, 1.807) is 31.4 Å². The van der Waals surface area contributed by atoms with Crippen LogP contribution in [0, 0.1) is 0 Å². The van der Waals surface area contributed by atoms with Crippen LogP contribution in [0.15, 0.2) is 54.6 Å². The zero-order valence-corrected chi connectivity index (χ0v) is 15.8. The number of nitrogens with one attached hydrogen (secondary N) is 1. The molecule has 0 unspecified atom stereocenters. The number of para-hydroxylation sites is 2. The molecule has 2 aromatic rings. The predicted molar refractivity (Wildman–Crippen MR) is 103 cm³/mol. The lowest BCUT2D eigenvalue weighted by molar-refractivity contribution is -0.120. The number of benzene rings is 2. The summed E-state index contributed by atoms with van der Waals surface area (Å²) in [6, 6.07) is 16.4. The zero-order valence-electron chi connectivity index (χ0n) is 15.0. The number of carbonyl (C=O) groups is 1. The SMILES string of the molecule is COc1ccccc1CCNC(=O)CCN(c1ccccc1)S(C)(=O)=O. The molecule has 0 aliphatic carbocycles. The summed E-state index contributed by atoms with van der Waals surface area (Å²) in [5.74, 6) is 0.596. The summed E-state index contributed by atoms with van der Waals surface area (Å²) >= 11 is 0. The Bertz CT molecular complexity index is 822. The molecule has 26 heavy (non-hydrogen) atoms. The van der Waals surface area contributed by atoms with Crippen LogP contribution < -0.4 is 14.4 Å². The van der Waals surface area contributed by atoms with Gasteiger partial charge >= 0.3 is 0 Å². The lowest BCUT2D eigenvalue weighted by Crippen LogP contribution is -2.35. The molecule has 140 valence electrons. The van der Waals surface area contributed by atoms with Gasteiger partial charge < -0.3 is 10.1 Å². The van der Waals surface area contributed by atoms with Crippen molar-refractivity contribution in [2.75, 3.05) is 30.8 Å². The summed E-state index contributed by atoms with van der Waals surface area (Å²) in [6.45, 7) is 0.562. The van der Waals surface area contributed by atoms with E-state index in [0.29, 0.717) is 18.7 Å². The van der Waals surface area contributed by atoms with E-state index in [9.17, 15) is 13.2 Å². The Labute approximate surface area is 154 Å². The molecular weight excluding hydrogens is 352 g/mol. The summed E-state index contributed by atoms with van der Waals surface area (Å²) in [7, 11) is -1.84. The Kier molecular flexibility index (Phi) is 7.03. The molecule has 2 aromatic carbocycles. The van der Waals surface area contributed by atoms with Gasteiger partial charge in [-0.2, -0.15) is 0 Å². The third-order valence-corrected chi connectivity index (χ3v) is 5.09. The molecule has 0 aliphatic rings. The molecule has 1 amide bonds. The molecule has 1 N–H and O–H groups in total. The fourth-order valence-corrected chi connectivity index (χ4v) is 3.55.